The third-order valence-corrected chi connectivity index (χ3v) is 4.47. The number of hydrogen-bond acceptors (Lipinski definition) is 5. The van der Waals surface area contributed by atoms with Crippen molar-refractivity contribution < 1.29 is 36.6 Å². The van der Waals surface area contributed by atoms with E-state index >= 15 is 0 Å². The number of phenols is 1. The highest BCUT2D eigenvalue weighted by Crippen LogP contribution is 2.39. The lowest BCUT2D eigenvalue weighted by Gasteiger charge is -2.23. The number of nitrogens with zero attached hydrogens (tertiary/aromatic N) is 3. The predicted octanol–water partition coefficient (Wildman–Crippen LogP) is 3.46. The predicted molar refractivity (Wildman–Crippen MR) is 86.9 cm³/mol. The fourth-order valence-corrected chi connectivity index (χ4v) is 3.11. The van der Waals surface area contributed by atoms with Gasteiger partial charge in [-0.2, -0.15) is 26.3 Å². The number of aryl methyl sites for hydroxylation is 1. The van der Waals surface area contributed by atoms with Gasteiger partial charge < -0.3 is 15.1 Å². The number of halogens is 6. The minimum atomic E-state index is -4.76. The van der Waals surface area contributed by atoms with E-state index in [1.165, 1.54) is 17.9 Å². The smallest absolute Gasteiger partial charge is 0.416 e. The molecule has 11 heteroatoms. The van der Waals surface area contributed by atoms with Crippen molar-refractivity contribution in [1.29, 1.82) is 0 Å². The topological polar surface area (TPSA) is 69.5 Å². The first-order valence-corrected chi connectivity index (χ1v) is 8.15. The SMILES string of the molecule is Cc1cc(C(F)(F)F)cc(O)c1-c1cc2c(nn1)N(C[C@@H](O)C(F)(F)F)CC2. The Morgan fingerprint density at radius 2 is 1.79 bits per heavy atom. The van der Waals surface area contributed by atoms with E-state index in [1.54, 1.807) is 0 Å². The molecule has 2 N–H and O–H groups in total. The van der Waals surface area contributed by atoms with Crippen molar-refractivity contribution in [2.45, 2.75) is 31.8 Å². The number of fused-ring (bicyclic) bond motifs is 1. The zero-order valence-corrected chi connectivity index (χ0v) is 14.4. The molecular formula is C17H15F6N3O2. The van der Waals surface area contributed by atoms with Crippen LogP contribution in [0.3, 0.4) is 0 Å². The molecule has 1 aliphatic heterocycles. The zero-order valence-electron chi connectivity index (χ0n) is 14.4. The van der Waals surface area contributed by atoms with Gasteiger partial charge in [0, 0.05) is 17.7 Å². The molecule has 1 aromatic carbocycles. The van der Waals surface area contributed by atoms with E-state index in [0.717, 1.165) is 6.07 Å². The van der Waals surface area contributed by atoms with Gasteiger partial charge in [-0.25, -0.2) is 0 Å². The summed E-state index contributed by atoms with van der Waals surface area (Å²) in [6, 6.07) is 2.93. The van der Waals surface area contributed by atoms with Gasteiger partial charge >= 0.3 is 12.4 Å². The Hall–Kier alpha value is -2.56. The minimum absolute atomic E-state index is 0.0667. The summed E-state index contributed by atoms with van der Waals surface area (Å²) in [6.45, 7) is 0.860. The third kappa shape index (κ3) is 3.84. The number of β-amino-alcohol motifs (C(OH)–C–C–N with tert-alkyl or cyclic N) is 1. The average Bonchev–Trinajstić information content (AvgIpc) is 2.95. The Labute approximate surface area is 155 Å². The summed E-state index contributed by atoms with van der Waals surface area (Å²) in [7, 11) is 0. The molecule has 0 saturated heterocycles. The molecule has 0 aliphatic carbocycles. The number of hydrogen-bond donors (Lipinski definition) is 2. The highest BCUT2D eigenvalue weighted by Gasteiger charge is 2.40. The van der Waals surface area contributed by atoms with E-state index in [4.69, 9.17) is 0 Å². The molecule has 0 saturated carbocycles. The molecule has 0 bridgehead atoms. The summed E-state index contributed by atoms with van der Waals surface area (Å²) < 4.78 is 76.2. The van der Waals surface area contributed by atoms with Gasteiger partial charge in [0.25, 0.3) is 0 Å². The van der Waals surface area contributed by atoms with Gasteiger partial charge in [-0.1, -0.05) is 0 Å². The number of benzene rings is 1. The molecule has 0 spiro atoms. The summed E-state index contributed by atoms with van der Waals surface area (Å²) >= 11 is 0. The molecule has 28 heavy (non-hydrogen) atoms. The molecule has 1 aliphatic rings. The van der Waals surface area contributed by atoms with Crippen LogP contribution >= 0.6 is 0 Å². The minimum Gasteiger partial charge on any atom is -0.507 e. The number of phenolic OH excluding ortho intramolecular Hbond substituents is 1. The lowest BCUT2D eigenvalue weighted by Crippen LogP contribution is -2.40. The molecule has 0 amide bonds. The lowest BCUT2D eigenvalue weighted by atomic mass is 9.99. The second-order valence-corrected chi connectivity index (χ2v) is 6.52. The monoisotopic (exact) mass is 407 g/mol. The molecule has 3 rings (SSSR count). The molecule has 0 unspecified atom stereocenters. The van der Waals surface area contributed by atoms with Crippen molar-refractivity contribution in [3.8, 4) is 17.0 Å². The number of rotatable bonds is 3. The molecular weight excluding hydrogens is 392 g/mol. The van der Waals surface area contributed by atoms with Crippen LogP contribution in [0.5, 0.6) is 5.75 Å². The third-order valence-electron chi connectivity index (χ3n) is 4.47. The summed E-state index contributed by atoms with van der Waals surface area (Å²) in [5, 5.41) is 27.0. The summed E-state index contributed by atoms with van der Waals surface area (Å²) in [5.74, 6) is -0.458. The van der Waals surface area contributed by atoms with Crippen molar-refractivity contribution in [3.05, 3.63) is 34.9 Å². The second-order valence-electron chi connectivity index (χ2n) is 6.52. The fraction of sp³-hybridized carbons (Fsp3) is 0.412. The van der Waals surface area contributed by atoms with Crippen LogP contribution in [0.25, 0.3) is 11.3 Å². The van der Waals surface area contributed by atoms with E-state index in [0.29, 0.717) is 18.1 Å². The average molecular weight is 407 g/mol. The number of aromatic nitrogens is 2. The van der Waals surface area contributed by atoms with Gasteiger partial charge in [0.05, 0.1) is 17.8 Å². The highest BCUT2D eigenvalue weighted by atomic mass is 19.4. The van der Waals surface area contributed by atoms with Crippen LogP contribution in [0.1, 0.15) is 16.7 Å². The molecule has 1 atom stereocenters. The summed E-state index contributed by atoms with van der Waals surface area (Å²) in [4.78, 5) is 1.24. The van der Waals surface area contributed by atoms with Crippen LogP contribution in [-0.2, 0) is 12.6 Å². The summed E-state index contributed by atoms with van der Waals surface area (Å²) in [5.41, 5.74) is -0.174. The quantitative estimate of drug-likeness (QED) is 0.763. The van der Waals surface area contributed by atoms with Crippen LogP contribution in [0.15, 0.2) is 18.2 Å². The van der Waals surface area contributed by atoms with Crippen LogP contribution in [0, 0.1) is 6.92 Å². The maximum atomic E-state index is 12.8. The van der Waals surface area contributed by atoms with Gasteiger partial charge in [-0.15, -0.1) is 10.2 Å². The Morgan fingerprint density at radius 3 is 2.36 bits per heavy atom. The van der Waals surface area contributed by atoms with Crippen LogP contribution in [0.4, 0.5) is 32.2 Å². The summed E-state index contributed by atoms with van der Waals surface area (Å²) in [6.07, 6.45) is -11.6. The van der Waals surface area contributed by atoms with Crippen molar-refractivity contribution in [2.75, 3.05) is 18.0 Å². The Bertz CT molecular complexity index is 874. The Morgan fingerprint density at radius 1 is 1.11 bits per heavy atom. The van der Waals surface area contributed by atoms with Crippen molar-refractivity contribution in [2.24, 2.45) is 0 Å². The van der Waals surface area contributed by atoms with Gasteiger partial charge in [-0.05, 0) is 37.1 Å². The lowest BCUT2D eigenvalue weighted by molar-refractivity contribution is -0.200. The number of aliphatic hydroxyl groups excluding tert-OH is 1. The van der Waals surface area contributed by atoms with E-state index in [-0.39, 0.29) is 29.2 Å². The highest BCUT2D eigenvalue weighted by molar-refractivity contribution is 5.73. The first-order chi connectivity index (χ1) is 12.9. The van der Waals surface area contributed by atoms with E-state index in [2.05, 4.69) is 10.2 Å². The van der Waals surface area contributed by atoms with E-state index in [1.807, 2.05) is 0 Å². The first-order valence-electron chi connectivity index (χ1n) is 8.15. The number of aliphatic hydroxyl groups is 1. The molecule has 0 fully saturated rings. The number of anilines is 1. The van der Waals surface area contributed by atoms with Gasteiger partial charge in [0.15, 0.2) is 11.9 Å². The molecule has 2 heterocycles. The van der Waals surface area contributed by atoms with E-state index in [9.17, 15) is 36.6 Å². The maximum Gasteiger partial charge on any atom is 0.416 e. The van der Waals surface area contributed by atoms with Crippen molar-refractivity contribution in [1.82, 2.24) is 10.2 Å². The Kier molecular flexibility index (Phi) is 4.90. The van der Waals surface area contributed by atoms with Crippen molar-refractivity contribution in [3.63, 3.8) is 0 Å². The normalized spacial score (nSPS) is 15.6. The zero-order chi connectivity index (χ0) is 20.9. The number of aromatic hydroxyl groups is 1. The number of alkyl halides is 6. The standard InChI is InChI=1S/C17H15F6N3O2/c1-8-4-10(16(18,19)20)6-12(27)14(8)11-5-9-2-3-26(15(9)25-24-11)7-13(28)17(21,22)23/h4-6,13,27-28H,2-3,7H2,1H3/t13-/m1/s1. The van der Waals surface area contributed by atoms with Crippen LogP contribution in [0.2, 0.25) is 0 Å². The molecule has 1 aromatic heterocycles. The van der Waals surface area contributed by atoms with E-state index < -0.39 is 36.3 Å². The van der Waals surface area contributed by atoms with Gasteiger partial charge in [-0.3, -0.25) is 0 Å². The Balaban J connectivity index is 1.92. The molecule has 2 aromatic rings. The van der Waals surface area contributed by atoms with Gasteiger partial charge in [0.1, 0.15) is 5.75 Å². The molecule has 5 nitrogen and oxygen atoms in total. The fourth-order valence-electron chi connectivity index (χ4n) is 3.11. The first kappa shape index (κ1) is 20.2. The van der Waals surface area contributed by atoms with Crippen molar-refractivity contribution >= 4 is 5.82 Å². The van der Waals surface area contributed by atoms with Crippen LogP contribution in [-0.4, -0.2) is 45.8 Å². The molecule has 0 radical (unpaired) electrons. The maximum absolute atomic E-state index is 12.8. The largest absolute Gasteiger partial charge is 0.507 e. The van der Waals surface area contributed by atoms with Gasteiger partial charge in [0.2, 0.25) is 0 Å². The second kappa shape index (κ2) is 6.80. The molecule has 152 valence electrons. The van der Waals surface area contributed by atoms with Crippen LogP contribution < -0.4 is 4.90 Å².